The fourth-order valence-electron chi connectivity index (χ4n) is 1.77. The highest BCUT2D eigenvalue weighted by Gasteiger charge is 2.09. The van der Waals surface area contributed by atoms with Crippen molar-refractivity contribution in [2.24, 2.45) is 0 Å². The van der Waals surface area contributed by atoms with E-state index in [1.54, 1.807) is 12.1 Å². The van der Waals surface area contributed by atoms with Crippen molar-refractivity contribution in [3.8, 4) is 5.75 Å². The molecular formula is C16H13BrCl2N2O2S. The summed E-state index contributed by atoms with van der Waals surface area (Å²) >= 11 is 20.3. The molecule has 8 heteroatoms. The maximum absolute atomic E-state index is 11.9. The predicted molar refractivity (Wildman–Crippen MR) is 105 cm³/mol. The lowest BCUT2D eigenvalue weighted by molar-refractivity contribution is -0.121. The molecule has 2 N–H and O–H groups in total. The summed E-state index contributed by atoms with van der Waals surface area (Å²) in [6.45, 7) is 1.76. The van der Waals surface area contributed by atoms with Gasteiger partial charge in [0.1, 0.15) is 5.75 Å². The van der Waals surface area contributed by atoms with E-state index in [-0.39, 0.29) is 11.7 Å². The molecule has 24 heavy (non-hydrogen) atoms. The Morgan fingerprint density at radius 1 is 1.25 bits per heavy atom. The number of nitrogens with one attached hydrogen (secondary N) is 2. The monoisotopic (exact) mass is 446 g/mol. The van der Waals surface area contributed by atoms with Gasteiger partial charge < -0.3 is 10.1 Å². The first kappa shape index (κ1) is 19.0. The van der Waals surface area contributed by atoms with E-state index in [2.05, 4.69) is 26.6 Å². The average molecular weight is 448 g/mol. The number of benzene rings is 2. The molecule has 1 amide bonds. The Morgan fingerprint density at radius 2 is 2.00 bits per heavy atom. The van der Waals surface area contributed by atoms with E-state index >= 15 is 0 Å². The number of carbonyl (C=O) groups is 1. The topological polar surface area (TPSA) is 50.4 Å². The molecule has 0 bridgehead atoms. The fraction of sp³-hybridized carbons (Fsp3) is 0.125. The number of amides is 1. The quantitative estimate of drug-likeness (QED) is 0.650. The van der Waals surface area contributed by atoms with Crippen molar-refractivity contribution in [1.82, 2.24) is 5.32 Å². The SMILES string of the molecule is Cc1ccc(NC(=S)NC(=O)COc2ccc(Cl)cc2Cl)c(Br)c1. The summed E-state index contributed by atoms with van der Waals surface area (Å²) in [6, 6.07) is 10.5. The summed E-state index contributed by atoms with van der Waals surface area (Å²) in [5.41, 5.74) is 1.86. The zero-order chi connectivity index (χ0) is 17.7. The number of carbonyl (C=O) groups excluding carboxylic acids is 1. The van der Waals surface area contributed by atoms with Crippen LogP contribution in [0.2, 0.25) is 10.0 Å². The van der Waals surface area contributed by atoms with Gasteiger partial charge in [-0.3, -0.25) is 10.1 Å². The highest BCUT2D eigenvalue weighted by molar-refractivity contribution is 9.10. The molecule has 0 aliphatic rings. The lowest BCUT2D eigenvalue weighted by Gasteiger charge is -2.12. The second kappa shape index (κ2) is 8.67. The largest absolute Gasteiger partial charge is 0.482 e. The van der Waals surface area contributed by atoms with Crippen LogP contribution in [0.4, 0.5) is 5.69 Å². The van der Waals surface area contributed by atoms with Crippen LogP contribution in [0, 0.1) is 6.92 Å². The third-order valence-electron chi connectivity index (χ3n) is 2.88. The van der Waals surface area contributed by atoms with Crippen LogP contribution in [0.25, 0.3) is 0 Å². The molecule has 0 aliphatic heterocycles. The van der Waals surface area contributed by atoms with Gasteiger partial charge in [0.05, 0.1) is 10.7 Å². The van der Waals surface area contributed by atoms with Crippen molar-refractivity contribution in [3.63, 3.8) is 0 Å². The van der Waals surface area contributed by atoms with Crippen molar-refractivity contribution in [3.05, 3.63) is 56.5 Å². The van der Waals surface area contributed by atoms with Crippen molar-refractivity contribution in [2.75, 3.05) is 11.9 Å². The van der Waals surface area contributed by atoms with Crippen LogP contribution in [0.15, 0.2) is 40.9 Å². The Kier molecular flexibility index (Phi) is 6.86. The first-order valence-electron chi connectivity index (χ1n) is 6.80. The van der Waals surface area contributed by atoms with Gasteiger partial charge in [0.15, 0.2) is 11.7 Å². The average Bonchev–Trinajstić information content (AvgIpc) is 2.49. The molecule has 4 nitrogen and oxygen atoms in total. The molecule has 0 radical (unpaired) electrons. The lowest BCUT2D eigenvalue weighted by Crippen LogP contribution is -2.37. The van der Waals surface area contributed by atoms with Gasteiger partial charge in [-0.15, -0.1) is 0 Å². The minimum absolute atomic E-state index is 0.176. The van der Waals surface area contributed by atoms with Crippen molar-refractivity contribution in [1.29, 1.82) is 0 Å². The summed E-state index contributed by atoms with van der Waals surface area (Å²) in [5.74, 6) is -0.0295. The summed E-state index contributed by atoms with van der Waals surface area (Å²) in [5, 5.41) is 6.48. The van der Waals surface area contributed by atoms with Gasteiger partial charge in [0.25, 0.3) is 5.91 Å². The standard InChI is InChI=1S/C16H13BrCl2N2O2S/c1-9-2-4-13(11(17)6-9)20-16(24)21-15(22)8-23-14-5-3-10(18)7-12(14)19/h2-7H,8H2,1H3,(H2,20,21,22,24). The first-order valence-corrected chi connectivity index (χ1v) is 8.75. The number of anilines is 1. The Balaban J connectivity index is 1.86. The van der Waals surface area contributed by atoms with Crippen LogP contribution in [-0.2, 0) is 4.79 Å². The summed E-state index contributed by atoms with van der Waals surface area (Å²) in [6.07, 6.45) is 0. The molecule has 0 heterocycles. The zero-order valence-electron chi connectivity index (χ0n) is 12.5. The maximum atomic E-state index is 11.9. The van der Waals surface area contributed by atoms with Gasteiger partial charge in [0, 0.05) is 9.50 Å². The second-order valence-electron chi connectivity index (χ2n) is 4.85. The van der Waals surface area contributed by atoms with Gasteiger partial charge in [-0.25, -0.2) is 0 Å². The smallest absolute Gasteiger partial charge is 0.264 e. The molecule has 0 atom stereocenters. The molecule has 126 valence electrons. The molecular weight excluding hydrogens is 435 g/mol. The molecule has 2 rings (SSSR count). The van der Waals surface area contributed by atoms with Crippen LogP contribution in [0.5, 0.6) is 5.75 Å². The number of rotatable bonds is 4. The van der Waals surface area contributed by atoms with Crippen molar-refractivity contribution < 1.29 is 9.53 Å². The number of hydrogen-bond donors (Lipinski definition) is 2. The minimum Gasteiger partial charge on any atom is -0.482 e. The summed E-state index contributed by atoms with van der Waals surface area (Å²) in [4.78, 5) is 11.9. The number of thiocarbonyl (C=S) groups is 1. The Morgan fingerprint density at radius 3 is 2.67 bits per heavy atom. The van der Waals surface area contributed by atoms with E-state index in [4.69, 9.17) is 40.2 Å². The maximum Gasteiger partial charge on any atom is 0.264 e. The predicted octanol–water partition coefficient (Wildman–Crippen LogP) is 4.96. The Labute approximate surface area is 163 Å². The highest BCUT2D eigenvalue weighted by Crippen LogP contribution is 2.27. The third kappa shape index (κ3) is 5.63. The lowest BCUT2D eigenvalue weighted by atomic mass is 10.2. The molecule has 2 aromatic carbocycles. The van der Waals surface area contributed by atoms with E-state index < -0.39 is 5.91 Å². The molecule has 0 aliphatic carbocycles. The van der Waals surface area contributed by atoms with Crippen molar-refractivity contribution >= 4 is 68.1 Å². The van der Waals surface area contributed by atoms with Gasteiger partial charge in [-0.05, 0) is 71.0 Å². The van der Waals surface area contributed by atoms with Crippen LogP contribution in [0.3, 0.4) is 0 Å². The molecule has 2 aromatic rings. The molecule has 0 aromatic heterocycles. The first-order chi connectivity index (χ1) is 11.3. The van der Waals surface area contributed by atoms with Crippen LogP contribution < -0.4 is 15.4 Å². The number of ether oxygens (including phenoxy) is 1. The Bertz CT molecular complexity index is 787. The number of hydrogen-bond acceptors (Lipinski definition) is 3. The van der Waals surface area contributed by atoms with Gasteiger partial charge in [-0.2, -0.15) is 0 Å². The number of halogens is 3. The highest BCUT2D eigenvalue weighted by atomic mass is 79.9. The second-order valence-corrected chi connectivity index (χ2v) is 6.96. The van der Waals surface area contributed by atoms with E-state index in [9.17, 15) is 4.79 Å². The van der Waals surface area contributed by atoms with Gasteiger partial charge in [-0.1, -0.05) is 29.3 Å². The van der Waals surface area contributed by atoms with E-state index in [1.165, 1.54) is 6.07 Å². The molecule has 0 fully saturated rings. The van der Waals surface area contributed by atoms with E-state index in [0.717, 1.165) is 15.7 Å². The minimum atomic E-state index is -0.401. The van der Waals surface area contributed by atoms with Crippen LogP contribution in [0.1, 0.15) is 5.56 Å². The number of aryl methyl sites for hydroxylation is 1. The van der Waals surface area contributed by atoms with Gasteiger partial charge in [0.2, 0.25) is 0 Å². The summed E-state index contributed by atoms with van der Waals surface area (Å²) in [7, 11) is 0. The van der Waals surface area contributed by atoms with Crippen LogP contribution >= 0.6 is 51.3 Å². The van der Waals surface area contributed by atoms with Gasteiger partial charge >= 0.3 is 0 Å². The molecule has 0 saturated heterocycles. The Hall–Kier alpha value is -1.34. The summed E-state index contributed by atoms with van der Waals surface area (Å²) < 4.78 is 6.20. The normalized spacial score (nSPS) is 10.2. The molecule has 0 saturated carbocycles. The van der Waals surface area contributed by atoms with E-state index in [1.807, 2.05) is 25.1 Å². The zero-order valence-corrected chi connectivity index (χ0v) is 16.4. The van der Waals surface area contributed by atoms with E-state index in [0.29, 0.717) is 15.8 Å². The van der Waals surface area contributed by atoms with Crippen molar-refractivity contribution in [2.45, 2.75) is 6.92 Å². The van der Waals surface area contributed by atoms with Crippen LogP contribution in [-0.4, -0.2) is 17.6 Å². The third-order valence-corrected chi connectivity index (χ3v) is 4.27. The molecule has 0 spiro atoms. The fourth-order valence-corrected chi connectivity index (χ4v) is 3.05. The molecule has 0 unspecified atom stereocenters.